The van der Waals surface area contributed by atoms with Gasteiger partial charge in [-0.3, -0.25) is 9.59 Å². The zero-order valence-corrected chi connectivity index (χ0v) is 14.0. The number of amides is 2. The standard InChI is InChI=1S/C18H28N2O2/c1-4-5-9-13-20(16(2)21)14-12-18(22)19(3)15-17-10-7-6-8-11-17/h6-8,10-11H,4-5,9,12-15H2,1-3H3. The molecule has 4 nitrogen and oxygen atoms in total. The van der Waals surface area contributed by atoms with Crippen LogP contribution in [0.15, 0.2) is 30.3 Å². The van der Waals surface area contributed by atoms with Crippen LogP contribution in [0.2, 0.25) is 0 Å². The molecule has 1 aromatic carbocycles. The van der Waals surface area contributed by atoms with Crippen LogP contribution >= 0.6 is 0 Å². The first-order chi connectivity index (χ1) is 10.5. The third-order valence-corrected chi connectivity index (χ3v) is 3.76. The summed E-state index contributed by atoms with van der Waals surface area (Å²) in [6.07, 6.45) is 3.63. The van der Waals surface area contributed by atoms with E-state index in [1.54, 1.807) is 16.7 Å². The highest BCUT2D eigenvalue weighted by atomic mass is 16.2. The normalized spacial score (nSPS) is 10.3. The Morgan fingerprint density at radius 3 is 2.32 bits per heavy atom. The van der Waals surface area contributed by atoms with Gasteiger partial charge in [-0.15, -0.1) is 0 Å². The molecule has 0 radical (unpaired) electrons. The van der Waals surface area contributed by atoms with E-state index in [0.717, 1.165) is 31.4 Å². The van der Waals surface area contributed by atoms with Gasteiger partial charge < -0.3 is 9.80 Å². The summed E-state index contributed by atoms with van der Waals surface area (Å²) in [5, 5.41) is 0. The lowest BCUT2D eigenvalue weighted by Gasteiger charge is -2.23. The molecule has 0 atom stereocenters. The van der Waals surface area contributed by atoms with E-state index in [1.807, 2.05) is 37.4 Å². The van der Waals surface area contributed by atoms with Crippen molar-refractivity contribution in [1.29, 1.82) is 0 Å². The van der Waals surface area contributed by atoms with Crippen molar-refractivity contribution in [1.82, 2.24) is 9.80 Å². The Morgan fingerprint density at radius 2 is 1.73 bits per heavy atom. The minimum atomic E-state index is 0.0506. The fourth-order valence-corrected chi connectivity index (χ4v) is 2.35. The van der Waals surface area contributed by atoms with Gasteiger partial charge in [-0.05, 0) is 12.0 Å². The van der Waals surface area contributed by atoms with Gasteiger partial charge >= 0.3 is 0 Å². The van der Waals surface area contributed by atoms with E-state index in [9.17, 15) is 9.59 Å². The van der Waals surface area contributed by atoms with Crippen LogP contribution in [0, 0.1) is 0 Å². The Labute approximate surface area is 134 Å². The van der Waals surface area contributed by atoms with Crippen molar-refractivity contribution < 1.29 is 9.59 Å². The Balaban J connectivity index is 2.40. The maximum absolute atomic E-state index is 12.2. The largest absolute Gasteiger partial charge is 0.342 e. The van der Waals surface area contributed by atoms with E-state index < -0.39 is 0 Å². The highest BCUT2D eigenvalue weighted by molar-refractivity contribution is 5.78. The van der Waals surface area contributed by atoms with Gasteiger partial charge in [-0.25, -0.2) is 0 Å². The van der Waals surface area contributed by atoms with E-state index >= 15 is 0 Å². The first kappa shape index (κ1) is 18.2. The van der Waals surface area contributed by atoms with Crippen molar-refractivity contribution in [3.05, 3.63) is 35.9 Å². The second-order valence-corrected chi connectivity index (χ2v) is 5.70. The van der Waals surface area contributed by atoms with Crippen LogP contribution in [0.1, 0.15) is 45.1 Å². The molecule has 122 valence electrons. The number of hydrogen-bond acceptors (Lipinski definition) is 2. The summed E-state index contributed by atoms with van der Waals surface area (Å²) in [7, 11) is 1.81. The molecule has 0 aliphatic carbocycles. The Hall–Kier alpha value is -1.84. The highest BCUT2D eigenvalue weighted by Gasteiger charge is 2.13. The maximum Gasteiger partial charge on any atom is 0.224 e. The van der Waals surface area contributed by atoms with Gasteiger partial charge in [0, 0.05) is 40.0 Å². The number of carbonyl (C=O) groups is 2. The number of hydrogen-bond donors (Lipinski definition) is 0. The summed E-state index contributed by atoms with van der Waals surface area (Å²) >= 11 is 0. The minimum absolute atomic E-state index is 0.0506. The predicted octanol–water partition coefficient (Wildman–Crippen LogP) is 3.07. The number of unbranched alkanes of at least 4 members (excludes halogenated alkanes) is 2. The molecule has 0 saturated heterocycles. The minimum Gasteiger partial charge on any atom is -0.342 e. The van der Waals surface area contributed by atoms with Crippen molar-refractivity contribution in [3.63, 3.8) is 0 Å². The summed E-state index contributed by atoms with van der Waals surface area (Å²) in [6, 6.07) is 9.93. The zero-order chi connectivity index (χ0) is 16.4. The molecule has 0 fully saturated rings. The van der Waals surface area contributed by atoms with Crippen molar-refractivity contribution in [3.8, 4) is 0 Å². The van der Waals surface area contributed by atoms with Crippen molar-refractivity contribution >= 4 is 11.8 Å². The molecule has 0 N–H and O–H groups in total. The molecular formula is C18H28N2O2. The monoisotopic (exact) mass is 304 g/mol. The van der Waals surface area contributed by atoms with Gasteiger partial charge in [0.1, 0.15) is 0 Å². The highest BCUT2D eigenvalue weighted by Crippen LogP contribution is 2.06. The van der Waals surface area contributed by atoms with E-state index in [-0.39, 0.29) is 11.8 Å². The molecule has 22 heavy (non-hydrogen) atoms. The van der Waals surface area contributed by atoms with E-state index in [1.165, 1.54) is 0 Å². The molecule has 0 unspecified atom stereocenters. The molecule has 4 heteroatoms. The molecule has 0 aromatic heterocycles. The predicted molar refractivity (Wildman–Crippen MR) is 89.3 cm³/mol. The maximum atomic E-state index is 12.2. The molecule has 1 rings (SSSR count). The van der Waals surface area contributed by atoms with Gasteiger partial charge in [-0.2, -0.15) is 0 Å². The van der Waals surface area contributed by atoms with Crippen LogP contribution in [0.5, 0.6) is 0 Å². The first-order valence-corrected chi connectivity index (χ1v) is 8.08. The molecule has 1 aromatic rings. The Morgan fingerprint density at radius 1 is 1.05 bits per heavy atom. The lowest BCUT2D eigenvalue weighted by atomic mass is 10.2. The smallest absolute Gasteiger partial charge is 0.224 e. The zero-order valence-electron chi connectivity index (χ0n) is 14.0. The second kappa shape index (κ2) is 9.98. The average Bonchev–Trinajstić information content (AvgIpc) is 2.51. The van der Waals surface area contributed by atoms with Gasteiger partial charge in [0.2, 0.25) is 11.8 Å². The summed E-state index contributed by atoms with van der Waals surface area (Å²) in [6.45, 7) is 5.58. The van der Waals surface area contributed by atoms with Crippen LogP contribution in [0.25, 0.3) is 0 Å². The summed E-state index contributed by atoms with van der Waals surface area (Å²) < 4.78 is 0. The van der Waals surface area contributed by atoms with Crippen molar-refractivity contribution in [2.75, 3.05) is 20.1 Å². The van der Waals surface area contributed by atoms with Crippen molar-refractivity contribution in [2.24, 2.45) is 0 Å². The number of nitrogens with zero attached hydrogens (tertiary/aromatic N) is 2. The lowest BCUT2D eigenvalue weighted by Crippen LogP contribution is -2.35. The fraction of sp³-hybridized carbons (Fsp3) is 0.556. The summed E-state index contributed by atoms with van der Waals surface area (Å²) in [4.78, 5) is 27.3. The molecule has 0 aliphatic heterocycles. The summed E-state index contributed by atoms with van der Waals surface area (Å²) in [5.41, 5.74) is 1.12. The first-order valence-electron chi connectivity index (χ1n) is 8.08. The topological polar surface area (TPSA) is 40.6 Å². The molecule has 0 bridgehead atoms. The third kappa shape index (κ3) is 6.74. The molecule has 0 spiro atoms. The SMILES string of the molecule is CCCCCN(CCC(=O)N(C)Cc1ccccc1)C(C)=O. The Bertz CT molecular complexity index is 459. The number of carbonyl (C=O) groups excluding carboxylic acids is 2. The van der Waals surface area contributed by atoms with Crippen LogP contribution < -0.4 is 0 Å². The van der Waals surface area contributed by atoms with E-state index in [4.69, 9.17) is 0 Å². The molecule has 2 amide bonds. The van der Waals surface area contributed by atoms with Gasteiger partial charge in [0.05, 0.1) is 0 Å². The van der Waals surface area contributed by atoms with Crippen molar-refractivity contribution in [2.45, 2.75) is 46.1 Å². The number of rotatable bonds is 9. The fourth-order valence-electron chi connectivity index (χ4n) is 2.35. The molecule has 0 aliphatic rings. The average molecular weight is 304 g/mol. The molecule has 0 heterocycles. The molecule has 0 saturated carbocycles. The molecular weight excluding hydrogens is 276 g/mol. The van der Waals surface area contributed by atoms with Gasteiger partial charge in [0.25, 0.3) is 0 Å². The second-order valence-electron chi connectivity index (χ2n) is 5.70. The number of benzene rings is 1. The summed E-state index contributed by atoms with van der Waals surface area (Å²) in [5.74, 6) is 0.125. The quantitative estimate of drug-likeness (QED) is 0.658. The third-order valence-electron chi connectivity index (χ3n) is 3.76. The van der Waals surface area contributed by atoms with Gasteiger partial charge in [-0.1, -0.05) is 50.1 Å². The lowest BCUT2D eigenvalue weighted by molar-refractivity contribution is -0.133. The van der Waals surface area contributed by atoms with Crippen LogP contribution in [0.4, 0.5) is 0 Å². The van der Waals surface area contributed by atoms with E-state index in [2.05, 4.69) is 6.92 Å². The van der Waals surface area contributed by atoms with Gasteiger partial charge in [0.15, 0.2) is 0 Å². The van der Waals surface area contributed by atoms with Crippen LogP contribution in [-0.4, -0.2) is 41.8 Å². The van der Waals surface area contributed by atoms with Crippen LogP contribution in [0.3, 0.4) is 0 Å². The Kier molecular flexibility index (Phi) is 8.26. The van der Waals surface area contributed by atoms with Crippen LogP contribution in [-0.2, 0) is 16.1 Å². The van der Waals surface area contributed by atoms with E-state index in [0.29, 0.717) is 19.5 Å².